The van der Waals surface area contributed by atoms with Gasteiger partial charge in [0, 0.05) is 27.3 Å². The van der Waals surface area contributed by atoms with Crippen LogP contribution in [0.25, 0.3) is 0 Å². The van der Waals surface area contributed by atoms with Gasteiger partial charge in [0.25, 0.3) is 5.91 Å². The lowest BCUT2D eigenvalue weighted by atomic mass is 10.3. The second-order valence-corrected chi connectivity index (χ2v) is 6.79. The molecule has 112 valence electrons. The Hall–Kier alpha value is -0.920. The molecule has 0 atom stereocenters. The smallest absolute Gasteiger partial charge is 0.264 e. The summed E-state index contributed by atoms with van der Waals surface area (Å²) >= 11 is 4.77. The molecular weight excluding hydrogens is 344 g/mol. The van der Waals surface area contributed by atoms with Gasteiger partial charge in [-0.15, -0.1) is 11.3 Å². The first-order chi connectivity index (χ1) is 9.45. The van der Waals surface area contributed by atoms with E-state index in [4.69, 9.17) is 4.74 Å². The minimum Gasteiger partial charge on any atom is -0.385 e. The van der Waals surface area contributed by atoms with Gasteiger partial charge in [0.2, 0.25) is 5.91 Å². The number of carbonyl (C=O) groups is 2. The maximum atomic E-state index is 12.1. The molecule has 0 saturated heterocycles. The normalized spacial score (nSPS) is 10.4. The highest BCUT2D eigenvalue weighted by Gasteiger charge is 2.17. The highest BCUT2D eigenvalue weighted by atomic mass is 79.9. The van der Waals surface area contributed by atoms with Gasteiger partial charge in [-0.2, -0.15) is 0 Å². The lowest BCUT2D eigenvalue weighted by molar-refractivity contribution is -0.121. The molecule has 0 fully saturated rings. The Morgan fingerprint density at radius 1 is 1.50 bits per heavy atom. The van der Waals surface area contributed by atoms with Gasteiger partial charge in [-0.3, -0.25) is 9.59 Å². The number of carbonyl (C=O) groups excluding carboxylic acids is 2. The number of thiophene rings is 1. The Labute approximate surface area is 131 Å². The SMILES string of the molecule is COCCCNC(=O)CN(C)C(=O)c1cc(C)c(Br)s1. The molecule has 1 aromatic rings. The lowest BCUT2D eigenvalue weighted by Crippen LogP contribution is -2.38. The van der Waals surface area contributed by atoms with Crippen molar-refractivity contribution in [1.82, 2.24) is 10.2 Å². The molecule has 1 aromatic heterocycles. The third kappa shape index (κ3) is 5.22. The van der Waals surface area contributed by atoms with Crippen LogP contribution in [-0.2, 0) is 9.53 Å². The van der Waals surface area contributed by atoms with E-state index in [2.05, 4.69) is 21.2 Å². The summed E-state index contributed by atoms with van der Waals surface area (Å²) in [5.41, 5.74) is 1.02. The van der Waals surface area contributed by atoms with Gasteiger partial charge < -0.3 is 15.0 Å². The van der Waals surface area contributed by atoms with Gasteiger partial charge >= 0.3 is 0 Å². The fourth-order valence-corrected chi connectivity index (χ4v) is 3.07. The quantitative estimate of drug-likeness (QED) is 0.755. The summed E-state index contributed by atoms with van der Waals surface area (Å²) in [6.45, 7) is 3.15. The Morgan fingerprint density at radius 2 is 2.20 bits per heavy atom. The fraction of sp³-hybridized carbons (Fsp3) is 0.538. The zero-order valence-electron chi connectivity index (χ0n) is 11.9. The summed E-state index contributed by atoms with van der Waals surface area (Å²) in [6, 6.07) is 1.82. The van der Waals surface area contributed by atoms with Crippen molar-refractivity contribution in [3.63, 3.8) is 0 Å². The second kappa shape index (κ2) is 8.39. The number of hydrogen-bond acceptors (Lipinski definition) is 4. The highest BCUT2D eigenvalue weighted by Crippen LogP contribution is 2.27. The Morgan fingerprint density at radius 3 is 2.75 bits per heavy atom. The van der Waals surface area contributed by atoms with E-state index in [9.17, 15) is 9.59 Å². The summed E-state index contributed by atoms with van der Waals surface area (Å²) in [5, 5.41) is 2.75. The molecule has 20 heavy (non-hydrogen) atoms. The third-order valence-corrected chi connectivity index (χ3v) is 4.77. The summed E-state index contributed by atoms with van der Waals surface area (Å²) in [6.07, 6.45) is 0.761. The largest absolute Gasteiger partial charge is 0.385 e. The average molecular weight is 363 g/mol. The minimum absolute atomic E-state index is 0.0559. The number of amides is 2. The molecule has 1 rings (SSSR count). The van der Waals surface area contributed by atoms with Gasteiger partial charge in [-0.1, -0.05) is 0 Å². The van der Waals surface area contributed by atoms with Crippen molar-refractivity contribution in [2.24, 2.45) is 0 Å². The van der Waals surface area contributed by atoms with E-state index in [1.807, 2.05) is 13.0 Å². The molecule has 0 aromatic carbocycles. The zero-order chi connectivity index (χ0) is 15.1. The van der Waals surface area contributed by atoms with E-state index < -0.39 is 0 Å². The Balaban J connectivity index is 2.43. The summed E-state index contributed by atoms with van der Waals surface area (Å²) in [7, 11) is 3.25. The van der Waals surface area contributed by atoms with Crippen LogP contribution < -0.4 is 5.32 Å². The predicted molar refractivity (Wildman–Crippen MR) is 83.2 cm³/mol. The summed E-state index contributed by atoms with van der Waals surface area (Å²) in [4.78, 5) is 25.9. The molecule has 0 aliphatic carbocycles. The number of aryl methyl sites for hydroxylation is 1. The molecule has 0 bridgehead atoms. The average Bonchev–Trinajstić information content (AvgIpc) is 2.74. The topological polar surface area (TPSA) is 58.6 Å². The van der Waals surface area contributed by atoms with Crippen molar-refractivity contribution < 1.29 is 14.3 Å². The van der Waals surface area contributed by atoms with Gasteiger partial charge in [-0.05, 0) is 40.9 Å². The van der Waals surface area contributed by atoms with Crippen molar-refractivity contribution in [1.29, 1.82) is 0 Å². The van der Waals surface area contributed by atoms with Crippen molar-refractivity contribution in [2.45, 2.75) is 13.3 Å². The monoisotopic (exact) mass is 362 g/mol. The van der Waals surface area contributed by atoms with Crippen LogP contribution in [0.3, 0.4) is 0 Å². The molecule has 0 radical (unpaired) electrons. The molecule has 7 heteroatoms. The van der Waals surface area contributed by atoms with Crippen LogP contribution in [-0.4, -0.2) is 50.6 Å². The number of nitrogens with one attached hydrogen (secondary N) is 1. The zero-order valence-corrected chi connectivity index (χ0v) is 14.3. The van der Waals surface area contributed by atoms with Crippen molar-refractivity contribution in [3.8, 4) is 0 Å². The van der Waals surface area contributed by atoms with Crippen LogP contribution in [0.1, 0.15) is 21.7 Å². The Kier molecular flexibility index (Phi) is 7.18. The van der Waals surface area contributed by atoms with Crippen molar-refractivity contribution in [2.75, 3.05) is 33.9 Å². The maximum Gasteiger partial charge on any atom is 0.264 e. The fourth-order valence-electron chi connectivity index (χ4n) is 1.54. The van der Waals surface area contributed by atoms with Crippen LogP contribution in [0.2, 0.25) is 0 Å². The first kappa shape index (κ1) is 17.1. The van der Waals surface area contributed by atoms with Crippen LogP contribution in [0.5, 0.6) is 0 Å². The van der Waals surface area contributed by atoms with E-state index >= 15 is 0 Å². The summed E-state index contributed by atoms with van der Waals surface area (Å²) in [5.74, 6) is -0.305. The molecule has 0 spiro atoms. The molecule has 2 amide bonds. The molecule has 0 saturated carbocycles. The van der Waals surface area contributed by atoms with Gasteiger partial charge in [0.15, 0.2) is 0 Å². The third-order valence-electron chi connectivity index (χ3n) is 2.64. The number of halogens is 1. The number of ether oxygens (including phenoxy) is 1. The lowest BCUT2D eigenvalue weighted by Gasteiger charge is -2.15. The van der Waals surface area contributed by atoms with Crippen LogP contribution >= 0.6 is 27.3 Å². The van der Waals surface area contributed by atoms with E-state index in [1.165, 1.54) is 16.2 Å². The second-order valence-electron chi connectivity index (χ2n) is 4.42. The molecule has 0 aliphatic heterocycles. The molecule has 0 unspecified atom stereocenters. The first-order valence-corrected chi connectivity index (χ1v) is 7.83. The molecule has 1 heterocycles. The maximum absolute atomic E-state index is 12.1. The summed E-state index contributed by atoms with van der Waals surface area (Å²) < 4.78 is 5.84. The van der Waals surface area contributed by atoms with Crippen LogP contribution in [0.15, 0.2) is 9.85 Å². The molecule has 0 aliphatic rings. The predicted octanol–water partition coefficient (Wildman–Crippen LogP) is 2.04. The van der Waals surface area contributed by atoms with Crippen LogP contribution in [0.4, 0.5) is 0 Å². The van der Waals surface area contributed by atoms with E-state index in [0.29, 0.717) is 18.0 Å². The van der Waals surface area contributed by atoms with Gasteiger partial charge in [0.1, 0.15) is 0 Å². The van der Waals surface area contributed by atoms with Crippen molar-refractivity contribution in [3.05, 3.63) is 20.3 Å². The number of hydrogen-bond donors (Lipinski definition) is 1. The standard InChI is InChI=1S/C13H19BrN2O3S/c1-9-7-10(20-12(9)14)13(18)16(2)8-11(17)15-5-4-6-19-3/h7H,4-6,8H2,1-3H3,(H,15,17). The van der Waals surface area contributed by atoms with Gasteiger partial charge in [0.05, 0.1) is 15.2 Å². The molecule has 1 N–H and O–H groups in total. The number of nitrogens with zero attached hydrogens (tertiary/aromatic N) is 1. The first-order valence-electron chi connectivity index (χ1n) is 6.22. The van der Waals surface area contributed by atoms with E-state index in [0.717, 1.165) is 15.8 Å². The minimum atomic E-state index is -0.163. The van der Waals surface area contributed by atoms with Crippen molar-refractivity contribution >= 4 is 39.1 Å². The highest BCUT2D eigenvalue weighted by molar-refractivity contribution is 9.11. The van der Waals surface area contributed by atoms with Crippen LogP contribution in [0, 0.1) is 6.92 Å². The molecule has 5 nitrogen and oxygen atoms in total. The number of rotatable bonds is 7. The molecular formula is C13H19BrN2O3S. The van der Waals surface area contributed by atoms with E-state index in [1.54, 1.807) is 14.2 Å². The van der Waals surface area contributed by atoms with E-state index in [-0.39, 0.29) is 18.4 Å². The van der Waals surface area contributed by atoms with Gasteiger partial charge in [-0.25, -0.2) is 0 Å². The Bertz CT molecular complexity index is 457. The number of likely N-dealkylation sites (N-methyl/N-ethyl adjacent to an activating group) is 1. The number of methoxy groups -OCH3 is 1.